The highest BCUT2D eigenvalue weighted by atomic mass is 19.1. The summed E-state index contributed by atoms with van der Waals surface area (Å²) in [6.45, 7) is 4.14. The first-order valence-electron chi connectivity index (χ1n) is 10.0. The van der Waals surface area contributed by atoms with Gasteiger partial charge in [-0.25, -0.2) is 4.39 Å². The number of anilines is 1. The lowest BCUT2D eigenvalue weighted by molar-refractivity contribution is -0.932. The van der Waals surface area contributed by atoms with Gasteiger partial charge in [0, 0.05) is 19.3 Å². The molecule has 1 aromatic carbocycles. The number of piperazine rings is 1. The number of furan rings is 1. The molecule has 8 nitrogen and oxygen atoms in total. The lowest BCUT2D eigenvalue weighted by Crippen LogP contribution is -3.15. The van der Waals surface area contributed by atoms with Gasteiger partial charge in [0.2, 0.25) is 0 Å². The number of methoxy groups -OCH3 is 1. The number of quaternary nitrogens is 1. The largest absolute Gasteiger partial charge is 0.463 e. The topological polar surface area (TPSA) is 88.2 Å². The molecule has 1 aromatic heterocycles. The Hall–Kier alpha value is -2.91. The molecule has 30 heavy (non-hydrogen) atoms. The molecule has 1 saturated heterocycles. The Bertz CT molecular complexity index is 805. The number of nitrogens with zero attached hydrogens (tertiary/aromatic N) is 1. The van der Waals surface area contributed by atoms with Crippen molar-refractivity contribution in [3.63, 3.8) is 0 Å². The first-order valence-corrected chi connectivity index (χ1v) is 10.0. The summed E-state index contributed by atoms with van der Waals surface area (Å²) < 4.78 is 23.6. The van der Waals surface area contributed by atoms with Gasteiger partial charge in [0.15, 0.2) is 11.8 Å². The molecule has 0 saturated carbocycles. The average molecular weight is 419 g/mol. The highest BCUT2D eigenvalue weighted by Gasteiger charge is 2.31. The second-order valence-electron chi connectivity index (χ2n) is 7.15. The van der Waals surface area contributed by atoms with Gasteiger partial charge in [0.05, 0.1) is 45.6 Å². The van der Waals surface area contributed by atoms with E-state index in [-0.39, 0.29) is 24.9 Å². The lowest BCUT2D eigenvalue weighted by atomic mass is 10.1. The molecule has 1 aliphatic rings. The van der Waals surface area contributed by atoms with Crippen molar-refractivity contribution in [1.29, 1.82) is 0 Å². The number of ether oxygens (including phenoxy) is 1. The fraction of sp³-hybridized carbons (Fsp3) is 0.429. The average Bonchev–Trinajstić information content (AvgIpc) is 3.29. The third-order valence-corrected chi connectivity index (χ3v) is 5.24. The molecule has 0 radical (unpaired) electrons. The van der Waals surface area contributed by atoms with E-state index < -0.39 is 11.8 Å². The summed E-state index contributed by atoms with van der Waals surface area (Å²) in [5, 5.41) is 5.23. The standard InChI is InChI=1S/C21H27FN4O4/c1-29-14-8-23-20(27)21(28)24-15-18(19-3-2-13-30-19)26-11-9-25(10-12-26)17-6-4-16(22)5-7-17/h2-7,13,18H,8-12,14-15H2,1H3,(H,23,27)(H,24,28)/p+1/t18-/m0/s1. The van der Waals surface area contributed by atoms with Crippen LogP contribution in [-0.4, -0.2) is 64.8 Å². The summed E-state index contributed by atoms with van der Waals surface area (Å²) in [5.74, 6) is -0.836. The van der Waals surface area contributed by atoms with Gasteiger partial charge in [-0.05, 0) is 36.4 Å². The number of benzene rings is 1. The van der Waals surface area contributed by atoms with Crippen molar-refractivity contribution in [3.05, 3.63) is 54.2 Å². The number of carbonyl (C=O) groups is 2. The smallest absolute Gasteiger partial charge is 0.309 e. The van der Waals surface area contributed by atoms with Crippen LogP contribution in [0.5, 0.6) is 0 Å². The van der Waals surface area contributed by atoms with Crippen LogP contribution in [-0.2, 0) is 14.3 Å². The molecule has 2 aromatic rings. The molecular formula is C21H28FN4O4+. The van der Waals surface area contributed by atoms with Gasteiger partial charge >= 0.3 is 11.8 Å². The Morgan fingerprint density at radius 2 is 1.87 bits per heavy atom. The molecule has 0 spiro atoms. The van der Waals surface area contributed by atoms with Gasteiger partial charge in [0.1, 0.15) is 5.82 Å². The molecule has 0 unspecified atom stereocenters. The molecule has 2 amide bonds. The molecule has 9 heteroatoms. The quantitative estimate of drug-likeness (QED) is 0.406. The van der Waals surface area contributed by atoms with Crippen LogP contribution >= 0.6 is 0 Å². The molecule has 2 heterocycles. The van der Waals surface area contributed by atoms with E-state index in [4.69, 9.17) is 9.15 Å². The van der Waals surface area contributed by atoms with E-state index in [1.54, 1.807) is 18.4 Å². The molecule has 0 bridgehead atoms. The number of hydrogen-bond donors (Lipinski definition) is 3. The number of rotatable bonds is 8. The molecule has 3 N–H and O–H groups in total. The van der Waals surface area contributed by atoms with Crippen LogP contribution in [0.25, 0.3) is 0 Å². The molecule has 0 aliphatic carbocycles. The monoisotopic (exact) mass is 419 g/mol. The number of halogens is 1. The highest BCUT2D eigenvalue weighted by molar-refractivity contribution is 6.35. The zero-order valence-corrected chi connectivity index (χ0v) is 17.0. The minimum absolute atomic E-state index is 0.105. The lowest BCUT2D eigenvalue weighted by Gasteiger charge is -2.37. The van der Waals surface area contributed by atoms with Crippen molar-refractivity contribution < 1.29 is 28.0 Å². The van der Waals surface area contributed by atoms with Crippen LogP contribution in [0.3, 0.4) is 0 Å². The Morgan fingerprint density at radius 3 is 2.50 bits per heavy atom. The summed E-state index contributed by atoms with van der Waals surface area (Å²) in [5.41, 5.74) is 0.992. The Balaban J connectivity index is 1.56. The summed E-state index contributed by atoms with van der Waals surface area (Å²) >= 11 is 0. The molecular weight excluding hydrogens is 391 g/mol. The van der Waals surface area contributed by atoms with Gasteiger partial charge < -0.3 is 29.6 Å². The van der Waals surface area contributed by atoms with Crippen molar-refractivity contribution in [1.82, 2.24) is 10.6 Å². The normalized spacial score (nSPS) is 15.6. The summed E-state index contributed by atoms with van der Waals surface area (Å²) in [7, 11) is 1.53. The third-order valence-electron chi connectivity index (χ3n) is 5.24. The predicted octanol–water partition coefficient (Wildman–Crippen LogP) is -0.256. The van der Waals surface area contributed by atoms with Crippen LogP contribution in [0.15, 0.2) is 47.1 Å². The molecule has 1 atom stereocenters. The second-order valence-corrected chi connectivity index (χ2v) is 7.15. The van der Waals surface area contributed by atoms with Crippen LogP contribution in [0.4, 0.5) is 10.1 Å². The van der Waals surface area contributed by atoms with Crippen LogP contribution in [0.2, 0.25) is 0 Å². The maximum Gasteiger partial charge on any atom is 0.309 e. The second kappa shape index (κ2) is 10.7. The van der Waals surface area contributed by atoms with Gasteiger partial charge in [-0.1, -0.05) is 0 Å². The van der Waals surface area contributed by atoms with Gasteiger partial charge in [-0.15, -0.1) is 0 Å². The first-order chi connectivity index (χ1) is 14.6. The van der Waals surface area contributed by atoms with E-state index >= 15 is 0 Å². The summed E-state index contributed by atoms with van der Waals surface area (Å²) in [6.07, 6.45) is 1.61. The molecule has 1 fully saturated rings. The van der Waals surface area contributed by atoms with Gasteiger partial charge in [0.25, 0.3) is 0 Å². The highest BCUT2D eigenvalue weighted by Crippen LogP contribution is 2.16. The zero-order chi connectivity index (χ0) is 21.3. The number of amides is 2. The van der Waals surface area contributed by atoms with Crippen molar-refractivity contribution in [2.24, 2.45) is 0 Å². The van der Waals surface area contributed by atoms with E-state index in [1.165, 1.54) is 24.1 Å². The summed E-state index contributed by atoms with van der Waals surface area (Å²) in [6, 6.07) is 10.1. The maximum absolute atomic E-state index is 13.2. The third kappa shape index (κ3) is 5.80. The van der Waals surface area contributed by atoms with E-state index in [2.05, 4.69) is 15.5 Å². The van der Waals surface area contributed by atoms with Crippen LogP contribution in [0, 0.1) is 5.82 Å². The van der Waals surface area contributed by atoms with Crippen molar-refractivity contribution in [2.75, 3.05) is 57.9 Å². The van der Waals surface area contributed by atoms with E-state index in [0.717, 1.165) is 37.6 Å². The molecule has 1 aliphatic heterocycles. The van der Waals surface area contributed by atoms with Crippen molar-refractivity contribution >= 4 is 17.5 Å². The SMILES string of the molecule is COCCNC(=O)C(=O)NC[C@@H](c1ccco1)[NH+]1CCN(c2ccc(F)cc2)CC1. The van der Waals surface area contributed by atoms with Gasteiger partial charge in [-0.2, -0.15) is 0 Å². The Kier molecular flexibility index (Phi) is 7.81. The Labute approximate surface area is 175 Å². The number of hydrogen-bond acceptors (Lipinski definition) is 5. The first kappa shape index (κ1) is 21.8. The van der Waals surface area contributed by atoms with Gasteiger partial charge in [-0.3, -0.25) is 9.59 Å². The fourth-order valence-electron chi connectivity index (χ4n) is 3.61. The van der Waals surface area contributed by atoms with E-state index in [1.807, 2.05) is 12.1 Å². The van der Waals surface area contributed by atoms with E-state index in [9.17, 15) is 14.0 Å². The van der Waals surface area contributed by atoms with E-state index in [0.29, 0.717) is 6.61 Å². The van der Waals surface area contributed by atoms with Crippen LogP contribution in [0.1, 0.15) is 11.8 Å². The molecule has 162 valence electrons. The van der Waals surface area contributed by atoms with Crippen molar-refractivity contribution in [2.45, 2.75) is 6.04 Å². The minimum Gasteiger partial charge on any atom is -0.463 e. The zero-order valence-electron chi connectivity index (χ0n) is 17.0. The number of carbonyl (C=O) groups excluding carboxylic acids is 2. The summed E-state index contributed by atoms with van der Waals surface area (Å²) in [4.78, 5) is 27.5. The van der Waals surface area contributed by atoms with Crippen molar-refractivity contribution in [3.8, 4) is 0 Å². The maximum atomic E-state index is 13.2. The number of nitrogens with one attached hydrogen (secondary N) is 3. The van der Waals surface area contributed by atoms with Crippen LogP contribution < -0.4 is 20.4 Å². The minimum atomic E-state index is -0.679. The molecule has 3 rings (SSSR count). The fourth-order valence-corrected chi connectivity index (χ4v) is 3.61. The predicted molar refractivity (Wildman–Crippen MR) is 109 cm³/mol. The Morgan fingerprint density at radius 1 is 1.17 bits per heavy atom.